The maximum Gasteiger partial charge on any atom is 0.164 e. The first-order valence-electron chi connectivity index (χ1n) is 5.47. The highest BCUT2D eigenvalue weighted by molar-refractivity contribution is 5.51. The maximum absolute atomic E-state index is 5.52. The van der Waals surface area contributed by atoms with Crippen molar-refractivity contribution in [3.8, 4) is 17.2 Å². The number of hydrogen-bond acceptors (Lipinski definition) is 5. The molecule has 0 fully saturated rings. The quantitative estimate of drug-likeness (QED) is 0.584. The van der Waals surface area contributed by atoms with E-state index in [0.29, 0.717) is 11.5 Å². The van der Waals surface area contributed by atoms with Gasteiger partial charge >= 0.3 is 0 Å². The monoisotopic (exact) mass is 240 g/mol. The molecule has 1 unspecified atom stereocenters. The summed E-state index contributed by atoms with van der Waals surface area (Å²) in [5.41, 5.74) is 3.71. The lowest BCUT2D eigenvalue weighted by Gasteiger charge is -2.19. The van der Waals surface area contributed by atoms with Crippen molar-refractivity contribution in [3.63, 3.8) is 0 Å². The SMILES string of the molecule is CCC(NN)c1cc(OC)c(OC)cc1OC. The lowest BCUT2D eigenvalue weighted by molar-refractivity contribution is 0.344. The molecule has 0 aromatic heterocycles. The fourth-order valence-electron chi connectivity index (χ4n) is 1.75. The van der Waals surface area contributed by atoms with Gasteiger partial charge in [0.1, 0.15) is 5.75 Å². The molecule has 0 aliphatic heterocycles. The van der Waals surface area contributed by atoms with Crippen LogP contribution in [0.1, 0.15) is 24.9 Å². The van der Waals surface area contributed by atoms with E-state index in [2.05, 4.69) is 5.43 Å². The summed E-state index contributed by atoms with van der Waals surface area (Å²) in [6.07, 6.45) is 0.850. The number of nitrogens with one attached hydrogen (secondary N) is 1. The van der Waals surface area contributed by atoms with Gasteiger partial charge in [-0.3, -0.25) is 11.3 Å². The van der Waals surface area contributed by atoms with Crippen LogP contribution in [0, 0.1) is 0 Å². The molecule has 0 amide bonds. The molecule has 1 rings (SSSR count). The molecule has 0 radical (unpaired) electrons. The van der Waals surface area contributed by atoms with E-state index in [1.54, 1.807) is 27.4 Å². The van der Waals surface area contributed by atoms with Crippen molar-refractivity contribution in [3.05, 3.63) is 17.7 Å². The Labute approximate surface area is 102 Å². The zero-order valence-electron chi connectivity index (χ0n) is 10.7. The topological polar surface area (TPSA) is 65.7 Å². The Bertz CT molecular complexity index is 365. The lowest BCUT2D eigenvalue weighted by atomic mass is 10.0. The molecule has 5 nitrogen and oxygen atoms in total. The lowest BCUT2D eigenvalue weighted by Crippen LogP contribution is -2.27. The Balaban J connectivity index is 3.27. The zero-order chi connectivity index (χ0) is 12.8. The number of ether oxygens (including phenoxy) is 3. The van der Waals surface area contributed by atoms with Crippen LogP contribution in [0.5, 0.6) is 17.2 Å². The van der Waals surface area contributed by atoms with Crippen molar-refractivity contribution in [1.29, 1.82) is 0 Å². The third-order valence-corrected chi connectivity index (χ3v) is 2.72. The molecular formula is C12H20N2O3. The first-order chi connectivity index (χ1) is 8.21. The van der Waals surface area contributed by atoms with Crippen molar-refractivity contribution in [2.24, 2.45) is 5.84 Å². The highest BCUT2D eigenvalue weighted by Gasteiger charge is 2.17. The van der Waals surface area contributed by atoms with Crippen LogP contribution in [0.15, 0.2) is 12.1 Å². The van der Waals surface area contributed by atoms with Gasteiger partial charge in [0, 0.05) is 17.7 Å². The molecule has 0 spiro atoms. The van der Waals surface area contributed by atoms with Crippen LogP contribution in [0.25, 0.3) is 0 Å². The van der Waals surface area contributed by atoms with Gasteiger partial charge in [0.05, 0.1) is 21.3 Å². The summed E-state index contributed by atoms with van der Waals surface area (Å²) in [6.45, 7) is 2.04. The number of hydrazine groups is 1. The molecule has 17 heavy (non-hydrogen) atoms. The van der Waals surface area contributed by atoms with E-state index in [1.165, 1.54) is 0 Å². The number of methoxy groups -OCH3 is 3. The molecule has 1 aromatic rings. The molecule has 1 aromatic carbocycles. The van der Waals surface area contributed by atoms with Gasteiger partial charge in [-0.05, 0) is 12.5 Å². The van der Waals surface area contributed by atoms with E-state index in [-0.39, 0.29) is 6.04 Å². The van der Waals surface area contributed by atoms with Crippen LogP contribution in [0.2, 0.25) is 0 Å². The van der Waals surface area contributed by atoms with Crippen LogP contribution in [0.4, 0.5) is 0 Å². The minimum atomic E-state index is 0.0183. The molecule has 0 aliphatic carbocycles. The van der Waals surface area contributed by atoms with Gasteiger partial charge in [0.15, 0.2) is 11.5 Å². The molecule has 3 N–H and O–H groups in total. The summed E-state index contributed by atoms with van der Waals surface area (Å²) in [4.78, 5) is 0. The van der Waals surface area contributed by atoms with Crippen LogP contribution in [-0.2, 0) is 0 Å². The van der Waals surface area contributed by atoms with Gasteiger partial charge in [-0.15, -0.1) is 0 Å². The fraction of sp³-hybridized carbons (Fsp3) is 0.500. The van der Waals surface area contributed by atoms with Crippen LogP contribution < -0.4 is 25.5 Å². The molecule has 0 saturated carbocycles. The van der Waals surface area contributed by atoms with E-state index in [9.17, 15) is 0 Å². The fourth-order valence-corrected chi connectivity index (χ4v) is 1.75. The molecule has 96 valence electrons. The maximum atomic E-state index is 5.52. The van der Waals surface area contributed by atoms with Gasteiger partial charge in [-0.25, -0.2) is 0 Å². The molecule has 0 heterocycles. The summed E-state index contributed by atoms with van der Waals surface area (Å²) in [6, 6.07) is 3.70. The first-order valence-corrected chi connectivity index (χ1v) is 5.47. The van der Waals surface area contributed by atoms with Gasteiger partial charge in [-0.2, -0.15) is 0 Å². The molecule has 1 atom stereocenters. The average Bonchev–Trinajstić information content (AvgIpc) is 2.39. The van der Waals surface area contributed by atoms with E-state index in [4.69, 9.17) is 20.1 Å². The molecule has 0 aliphatic rings. The highest BCUT2D eigenvalue weighted by atomic mass is 16.5. The summed E-state index contributed by atoms with van der Waals surface area (Å²) >= 11 is 0. The van der Waals surface area contributed by atoms with Crippen molar-refractivity contribution >= 4 is 0 Å². The highest BCUT2D eigenvalue weighted by Crippen LogP contribution is 2.37. The Morgan fingerprint density at radius 2 is 1.59 bits per heavy atom. The number of hydrogen-bond donors (Lipinski definition) is 2. The predicted octanol–water partition coefficient (Wildman–Crippen LogP) is 1.63. The summed E-state index contributed by atoms with van der Waals surface area (Å²) in [7, 11) is 4.81. The third-order valence-electron chi connectivity index (χ3n) is 2.72. The van der Waals surface area contributed by atoms with Crippen molar-refractivity contribution in [1.82, 2.24) is 5.43 Å². The molecule has 0 saturated heterocycles. The normalized spacial score (nSPS) is 12.1. The predicted molar refractivity (Wildman–Crippen MR) is 66.5 cm³/mol. The standard InChI is InChI=1S/C12H20N2O3/c1-5-9(14-13)8-6-11(16-3)12(17-4)7-10(8)15-2/h6-7,9,14H,5,13H2,1-4H3. The Kier molecular flexibility index (Phi) is 5.06. The second kappa shape index (κ2) is 6.32. The minimum Gasteiger partial charge on any atom is -0.496 e. The van der Waals surface area contributed by atoms with Crippen molar-refractivity contribution < 1.29 is 14.2 Å². The van der Waals surface area contributed by atoms with Crippen LogP contribution >= 0.6 is 0 Å². The van der Waals surface area contributed by atoms with Gasteiger partial charge in [0.2, 0.25) is 0 Å². The number of rotatable bonds is 6. The van der Waals surface area contributed by atoms with Gasteiger partial charge < -0.3 is 14.2 Å². The summed E-state index contributed by atoms with van der Waals surface area (Å²) < 4.78 is 15.8. The van der Waals surface area contributed by atoms with E-state index < -0.39 is 0 Å². The summed E-state index contributed by atoms with van der Waals surface area (Å²) in [5, 5.41) is 0. The van der Waals surface area contributed by atoms with Crippen LogP contribution in [-0.4, -0.2) is 21.3 Å². The van der Waals surface area contributed by atoms with E-state index in [1.807, 2.05) is 13.0 Å². The number of benzene rings is 1. The Morgan fingerprint density at radius 3 is 2.00 bits per heavy atom. The van der Waals surface area contributed by atoms with E-state index in [0.717, 1.165) is 17.7 Å². The number of nitrogens with two attached hydrogens (primary N) is 1. The first kappa shape index (κ1) is 13.6. The Morgan fingerprint density at radius 1 is 1.06 bits per heavy atom. The summed E-state index contributed by atoms with van der Waals surface area (Å²) in [5.74, 6) is 7.56. The molecule has 0 bridgehead atoms. The third kappa shape index (κ3) is 2.81. The minimum absolute atomic E-state index is 0.0183. The van der Waals surface area contributed by atoms with Crippen molar-refractivity contribution in [2.45, 2.75) is 19.4 Å². The Hall–Kier alpha value is -1.46. The van der Waals surface area contributed by atoms with Gasteiger partial charge in [0.25, 0.3) is 0 Å². The molecule has 5 heteroatoms. The zero-order valence-corrected chi connectivity index (χ0v) is 10.7. The second-order valence-electron chi connectivity index (χ2n) is 3.58. The van der Waals surface area contributed by atoms with E-state index >= 15 is 0 Å². The second-order valence-corrected chi connectivity index (χ2v) is 3.58. The van der Waals surface area contributed by atoms with Crippen molar-refractivity contribution in [2.75, 3.05) is 21.3 Å². The van der Waals surface area contributed by atoms with Gasteiger partial charge in [-0.1, -0.05) is 6.92 Å². The largest absolute Gasteiger partial charge is 0.496 e. The van der Waals surface area contributed by atoms with Crippen LogP contribution in [0.3, 0.4) is 0 Å². The average molecular weight is 240 g/mol. The smallest absolute Gasteiger partial charge is 0.164 e. The molecular weight excluding hydrogens is 220 g/mol.